The Balaban J connectivity index is 2.25. The van der Waals surface area contributed by atoms with E-state index in [9.17, 15) is 0 Å². The summed E-state index contributed by atoms with van der Waals surface area (Å²) in [6.07, 6.45) is 1.48. The summed E-state index contributed by atoms with van der Waals surface area (Å²) in [5, 5.41) is 20.0. The van der Waals surface area contributed by atoms with Gasteiger partial charge in [0.1, 0.15) is 0 Å². The third-order valence-corrected chi connectivity index (χ3v) is 1.87. The number of nitrogens with zero attached hydrogens (tertiary/aromatic N) is 3. The monoisotopic (exact) mass is 192 g/mol. The minimum atomic E-state index is -0.397. The molecule has 2 rings (SSSR count). The lowest BCUT2D eigenvalue weighted by atomic mass is 10.4. The molecule has 1 atom stereocenters. The lowest BCUT2D eigenvalue weighted by molar-refractivity contribution is 0.208. The maximum Gasteiger partial charge on any atom is 0.229 e. The highest BCUT2D eigenvalue weighted by Crippen LogP contribution is 2.06. The van der Waals surface area contributed by atoms with Crippen molar-refractivity contribution in [3.8, 4) is 0 Å². The molecule has 14 heavy (non-hydrogen) atoms. The number of aliphatic hydroxyl groups is 1. The van der Waals surface area contributed by atoms with E-state index in [1.165, 1.54) is 0 Å². The second kappa shape index (κ2) is 3.63. The fraction of sp³-hybridized carbons (Fsp3) is 0.333. The normalized spacial score (nSPS) is 13.0. The fourth-order valence-electron chi connectivity index (χ4n) is 1.20. The topological polar surface area (TPSA) is 62.5 Å². The Bertz CT molecular complexity index is 423. The van der Waals surface area contributed by atoms with Crippen molar-refractivity contribution in [2.24, 2.45) is 0 Å². The maximum atomic E-state index is 9.10. The minimum absolute atomic E-state index is 0.397. The molecule has 2 aromatic rings. The zero-order chi connectivity index (χ0) is 9.97. The summed E-state index contributed by atoms with van der Waals surface area (Å²) in [6.45, 7) is 2.19. The van der Waals surface area contributed by atoms with Gasteiger partial charge in [-0.1, -0.05) is 6.07 Å². The molecule has 0 aliphatic heterocycles. The van der Waals surface area contributed by atoms with Crippen LogP contribution in [0.1, 0.15) is 6.92 Å². The first-order valence-corrected chi connectivity index (χ1v) is 4.49. The molecule has 0 aromatic carbocycles. The van der Waals surface area contributed by atoms with Crippen LogP contribution in [-0.4, -0.2) is 32.4 Å². The number of fused-ring (bicyclic) bond motifs is 1. The highest BCUT2D eigenvalue weighted by atomic mass is 16.3. The molecule has 2 aromatic heterocycles. The summed E-state index contributed by atoms with van der Waals surface area (Å²) in [5.74, 6) is 0.654. The zero-order valence-corrected chi connectivity index (χ0v) is 7.88. The SMILES string of the molecule is CC(O)CNc1nnc2ccccn12. The van der Waals surface area contributed by atoms with Crippen LogP contribution in [-0.2, 0) is 0 Å². The number of anilines is 1. The average Bonchev–Trinajstić information content (AvgIpc) is 2.58. The van der Waals surface area contributed by atoms with Crippen LogP contribution in [0.3, 0.4) is 0 Å². The van der Waals surface area contributed by atoms with E-state index in [-0.39, 0.29) is 0 Å². The van der Waals surface area contributed by atoms with E-state index in [1.807, 2.05) is 28.8 Å². The van der Waals surface area contributed by atoms with Gasteiger partial charge in [-0.3, -0.25) is 4.40 Å². The minimum Gasteiger partial charge on any atom is -0.392 e. The van der Waals surface area contributed by atoms with Gasteiger partial charge in [0.15, 0.2) is 5.65 Å². The van der Waals surface area contributed by atoms with E-state index in [1.54, 1.807) is 6.92 Å². The van der Waals surface area contributed by atoms with Crippen molar-refractivity contribution >= 4 is 11.6 Å². The lowest BCUT2D eigenvalue weighted by Gasteiger charge is -2.05. The Kier molecular flexibility index (Phi) is 2.32. The van der Waals surface area contributed by atoms with Crippen molar-refractivity contribution in [2.45, 2.75) is 13.0 Å². The summed E-state index contributed by atoms with van der Waals surface area (Å²) >= 11 is 0. The summed E-state index contributed by atoms with van der Waals surface area (Å²) in [7, 11) is 0. The number of hydrogen-bond donors (Lipinski definition) is 2. The predicted octanol–water partition coefficient (Wildman–Crippen LogP) is 0.522. The summed E-state index contributed by atoms with van der Waals surface area (Å²) in [6, 6.07) is 5.69. The molecule has 2 N–H and O–H groups in total. The van der Waals surface area contributed by atoms with Gasteiger partial charge in [0.2, 0.25) is 5.95 Å². The number of rotatable bonds is 3. The van der Waals surface area contributed by atoms with E-state index in [0.29, 0.717) is 12.5 Å². The van der Waals surface area contributed by atoms with Crippen LogP contribution in [0.4, 0.5) is 5.95 Å². The van der Waals surface area contributed by atoms with Gasteiger partial charge in [0.25, 0.3) is 0 Å². The van der Waals surface area contributed by atoms with E-state index >= 15 is 0 Å². The second-order valence-electron chi connectivity index (χ2n) is 3.18. The molecule has 5 nitrogen and oxygen atoms in total. The van der Waals surface area contributed by atoms with Crippen molar-refractivity contribution in [2.75, 3.05) is 11.9 Å². The lowest BCUT2D eigenvalue weighted by Crippen LogP contribution is -2.16. The molecular weight excluding hydrogens is 180 g/mol. The quantitative estimate of drug-likeness (QED) is 0.744. The van der Waals surface area contributed by atoms with Gasteiger partial charge >= 0.3 is 0 Å². The van der Waals surface area contributed by atoms with Gasteiger partial charge in [0.05, 0.1) is 6.10 Å². The van der Waals surface area contributed by atoms with Crippen molar-refractivity contribution in [1.29, 1.82) is 0 Å². The largest absolute Gasteiger partial charge is 0.392 e. The number of pyridine rings is 1. The average molecular weight is 192 g/mol. The first kappa shape index (κ1) is 8.96. The van der Waals surface area contributed by atoms with Crippen LogP contribution >= 0.6 is 0 Å². The van der Waals surface area contributed by atoms with Crippen molar-refractivity contribution in [3.63, 3.8) is 0 Å². The molecule has 1 unspecified atom stereocenters. The van der Waals surface area contributed by atoms with Gasteiger partial charge in [-0.05, 0) is 19.1 Å². The third kappa shape index (κ3) is 1.67. The van der Waals surface area contributed by atoms with Gasteiger partial charge in [-0.2, -0.15) is 0 Å². The van der Waals surface area contributed by atoms with Crippen molar-refractivity contribution < 1.29 is 5.11 Å². The summed E-state index contributed by atoms with van der Waals surface area (Å²) in [5.41, 5.74) is 0.792. The summed E-state index contributed by atoms with van der Waals surface area (Å²) in [4.78, 5) is 0. The molecule has 0 fully saturated rings. The molecule has 0 aliphatic carbocycles. The molecule has 5 heteroatoms. The van der Waals surface area contributed by atoms with Crippen LogP contribution in [0.2, 0.25) is 0 Å². The number of hydrogen-bond acceptors (Lipinski definition) is 4. The van der Waals surface area contributed by atoms with E-state index in [2.05, 4.69) is 15.5 Å². The molecule has 0 spiro atoms. The van der Waals surface area contributed by atoms with Gasteiger partial charge in [-0.15, -0.1) is 10.2 Å². The van der Waals surface area contributed by atoms with Gasteiger partial charge in [0, 0.05) is 12.7 Å². The van der Waals surface area contributed by atoms with E-state index in [0.717, 1.165) is 5.65 Å². The molecule has 0 amide bonds. The van der Waals surface area contributed by atoms with Crippen LogP contribution in [0.5, 0.6) is 0 Å². The van der Waals surface area contributed by atoms with Crippen LogP contribution in [0.25, 0.3) is 5.65 Å². The Hall–Kier alpha value is -1.62. The van der Waals surface area contributed by atoms with Crippen LogP contribution in [0, 0.1) is 0 Å². The third-order valence-electron chi connectivity index (χ3n) is 1.87. The van der Waals surface area contributed by atoms with Crippen molar-refractivity contribution in [3.05, 3.63) is 24.4 Å². The predicted molar refractivity (Wildman–Crippen MR) is 53.2 cm³/mol. The number of nitrogens with one attached hydrogen (secondary N) is 1. The summed E-state index contributed by atoms with van der Waals surface area (Å²) < 4.78 is 1.84. The Morgan fingerprint density at radius 1 is 1.50 bits per heavy atom. The molecule has 0 saturated heterocycles. The highest BCUT2D eigenvalue weighted by molar-refractivity contribution is 5.44. The number of aliphatic hydroxyl groups excluding tert-OH is 1. The first-order chi connectivity index (χ1) is 6.77. The molecule has 0 radical (unpaired) electrons. The molecule has 74 valence electrons. The second-order valence-corrected chi connectivity index (χ2v) is 3.18. The Morgan fingerprint density at radius 3 is 3.14 bits per heavy atom. The van der Waals surface area contributed by atoms with Crippen molar-refractivity contribution in [1.82, 2.24) is 14.6 Å². The Morgan fingerprint density at radius 2 is 2.36 bits per heavy atom. The zero-order valence-electron chi connectivity index (χ0n) is 7.88. The van der Waals surface area contributed by atoms with E-state index < -0.39 is 6.10 Å². The number of aromatic nitrogens is 3. The molecule has 2 heterocycles. The maximum absolute atomic E-state index is 9.10. The molecular formula is C9H12N4O. The highest BCUT2D eigenvalue weighted by Gasteiger charge is 2.03. The standard InChI is InChI=1S/C9H12N4O/c1-7(14)6-10-9-12-11-8-4-2-3-5-13(8)9/h2-5,7,14H,6H2,1H3,(H,10,12). The van der Waals surface area contributed by atoms with Crippen LogP contribution < -0.4 is 5.32 Å². The smallest absolute Gasteiger partial charge is 0.229 e. The molecule has 0 aliphatic rings. The molecule has 0 bridgehead atoms. The molecule has 0 saturated carbocycles. The first-order valence-electron chi connectivity index (χ1n) is 4.49. The van der Waals surface area contributed by atoms with E-state index in [4.69, 9.17) is 5.11 Å². The fourth-order valence-corrected chi connectivity index (χ4v) is 1.20. The van der Waals surface area contributed by atoms with Gasteiger partial charge < -0.3 is 10.4 Å². The van der Waals surface area contributed by atoms with Gasteiger partial charge in [-0.25, -0.2) is 0 Å². The van der Waals surface area contributed by atoms with Crippen LogP contribution in [0.15, 0.2) is 24.4 Å². The Labute approximate surface area is 81.4 Å².